The first-order valence-electron chi connectivity index (χ1n) is 8.39. The maximum absolute atomic E-state index is 11.8. The summed E-state index contributed by atoms with van der Waals surface area (Å²) in [5.74, 6) is 0.761. The number of morpholine rings is 1. The molecule has 0 unspecified atom stereocenters. The highest BCUT2D eigenvalue weighted by atomic mass is 32.1. The number of amides is 1. The minimum Gasteiger partial charge on any atom is -0.378 e. The molecule has 2 saturated heterocycles. The fourth-order valence-corrected chi connectivity index (χ4v) is 4.37. The Balaban J connectivity index is 1.49. The van der Waals surface area contributed by atoms with E-state index in [1.165, 1.54) is 4.88 Å². The number of hydrogen-bond donors (Lipinski definition) is 0. The molecule has 128 valence electrons. The maximum Gasteiger partial charge on any atom is 0.222 e. The van der Waals surface area contributed by atoms with Gasteiger partial charge in [-0.25, -0.2) is 4.98 Å². The molecule has 3 heterocycles. The lowest BCUT2D eigenvalue weighted by atomic mass is 10.1. The Bertz CT molecular complexity index is 530. The fourth-order valence-electron chi connectivity index (χ4n) is 3.32. The van der Waals surface area contributed by atoms with Crippen molar-refractivity contribution in [3.63, 3.8) is 0 Å². The molecule has 0 aromatic carbocycles. The van der Waals surface area contributed by atoms with Crippen molar-refractivity contribution >= 4 is 22.4 Å². The number of carbonyl (C=O) groups excluding carboxylic acids is 1. The molecule has 6 nitrogen and oxygen atoms in total. The highest BCUT2D eigenvalue weighted by molar-refractivity contribution is 7.15. The van der Waals surface area contributed by atoms with Crippen LogP contribution in [-0.2, 0) is 16.1 Å². The number of anilines is 1. The molecule has 3 rings (SSSR count). The van der Waals surface area contributed by atoms with Crippen LogP contribution in [0.25, 0.3) is 0 Å². The third-order valence-corrected chi connectivity index (χ3v) is 5.54. The normalized spacial score (nSPS) is 22.4. The predicted molar refractivity (Wildman–Crippen MR) is 91.8 cm³/mol. The van der Waals surface area contributed by atoms with Gasteiger partial charge in [0.1, 0.15) is 0 Å². The molecule has 0 spiro atoms. The summed E-state index contributed by atoms with van der Waals surface area (Å²) >= 11 is 1.77. The number of thiazole rings is 1. The van der Waals surface area contributed by atoms with Crippen LogP contribution in [0.2, 0.25) is 0 Å². The molecule has 0 saturated carbocycles. The zero-order valence-electron chi connectivity index (χ0n) is 14.0. The molecule has 1 aromatic heterocycles. The first kappa shape index (κ1) is 16.7. The van der Waals surface area contributed by atoms with Crippen molar-refractivity contribution in [2.45, 2.75) is 19.9 Å². The summed E-state index contributed by atoms with van der Waals surface area (Å²) in [5.41, 5.74) is 0. The van der Waals surface area contributed by atoms with Gasteiger partial charge in [-0.1, -0.05) is 0 Å². The van der Waals surface area contributed by atoms with Crippen molar-refractivity contribution in [2.75, 3.05) is 57.9 Å². The minimum absolute atomic E-state index is 0.304. The summed E-state index contributed by atoms with van der Waals surface area (Å²) in [5, 5.41) is 1.10. The van der Waals surface area contributed by atoms with E-state index in [4.69, 9.17) is 4.74 Å². The van der Waals surface area contributed by atoms with Gasteiger partial charge in [0.2, 0.25) is 5.91 Å². The number of carbonyl (C=O) groups is 1. The summed E-state index contributed by atoms with van der Waals surface area (Å²) in [4.78, 5) is 24.2. The van der Waals surface area contributed by atoms with Crippen LogP contribution in [0, 0.1) is 5.92 Å². The van der Waals surface area contributed by atoms with E-state index in [0.29, 0.717) is 18.2 Å². The Kier molecular flexibility index (Phi) is 5.50. The Labute approximate surface area is 142 Å². The van der Waals surface area contributed by atoms with Crippen LogP contribution < -0.4 is 4.90 Å². The number of aromatic nitrogens is 1. The van der Waals surface area contributed by atoms with Gasteiger partial charge in [-0.05, 0) is 19.9 Å². The second kappa shape index (κ2) is 7.59. The van der Waals surface area contributed by atoms with Crippen LogP contribution in [0.5, 0.6) is 0 Å². The van der Waals surface area contributed by atoms with Crippen molar-refractivity contribution in [3.8, 4) is 0 Å². The lowest BCUT2D eigenvalue weighted by molar-refractivity contribution is -0.127. The third-order valence-electron chi connectivity index (χ3n) is 4.49. The Hall–Kier alpha value is -1.18. The average Bonchev–Trinajstić information content (AvgIpc) is 3.14. The molecule has 1 aromatic rings. The largest absolute Gasteiger partial charge is 0.378 e. The standard InChI is InChI=1S/C16H26N4O2S/c1-3-19-11-13(8-15(19)21)10-18(2)12-14-9-17-16(23-14)20-4-6-22-7-5-20/h9,13H,3-8,10-12H2,1-2H3/t13-/m1/s1. The molecule has 2 aliphatic rings. The fraction of sp³-hybridized carbons (Fsp3) is 0.750. The van der Waals surface area contributed by atoms with Gasteiger partial charge in [-0.2, -0.15) is 0 Å². The van der Waals surface area contributed by atoms with E-state index in [2.05, 4.69) is 28.8 Å². The molecule has 2 fully saturated rings. The first-order valence-corrected chi connectivity index (χ1v) is 9.21. The second-order valence-electron chi connectivity index (χ2n) is 6.41. The Morgan fingerprint density at radius 2 is 2.22 bits per heavy atom. The average molecular weight is 338 g/mol. The van der Waals surface area contributed by atoms with Gasteiger partial charge in [0.05, 0.1) is 13.2 Å². The van der Waals surface area contributed by atoms with Gasteiger partial charge in [0, 0.05) is 56.8 Å². The number of nitrogens with zero attached hydrogens (tertiary/aromatic N) is 4. The first-order chi connectivity index (χ1) is 11.2. The van der Waals surface area contributed by atoms with Gasteiger partial charge >= 0.3 is 0 Å². The summed E-state index contributed by atoms with van der Waals surface area (Å²) in [6.45, 7) is 9.09. The van der Waals surface area contributed by atoms with E-state index in [1.807, 2.05) is 11.1 Å². The van der Waals surface area contributed by atoms with Crippen molar-refractivity contribution in [2.24, 2.45) is 5.92 Å². The van der Waals surface area contributed by atoms with E-state index in [0.717, 1.165) is 57.6 Å². The summed E-state index contributed by atoms with van der Waals surface area (Å²) in [6.07, 6.45) is 2.68. The van der Waals surface area contributed by atoms with Crippen LogP contribution in [0.15, 0.2) is 6.20 Å². The Morgan fingerprint density at radius 1 is 1.43 bits per heavy atom. The van der Waals surface area contributed by atoms with Gasteiger partial charge in [0.25, 0.3) is 0 Å². The second-order valence-corrected chi connectivity index (χ2v) is 7.50. The molecular formula is C16H26N4O2S. The summed E-state index contributed by atoms with van der Waals surface area (Å²) in [7, 11) is 2.13. The highest BCUT2D eigenvalue weighted by Gasteiger charge is 2.29. The van der Waals surface area contributed by atoms with E-state index < -0.39 is 0 Å². The number of likely N-dealkylation sites (tertiary alicyclic amines) is 1. The van der Waals surface area contributed by atoms with E-state index in [9.17, 15) is 4.79 Å². The summed E-state index contributed by atoms with van der Waals surface area (Å²) in [6, 6.07) is 0. The number of ether oxygens (including phenoxy) is 1. The van der Waals surface area contributed by atoms with Crippen LogP contribution >= 0.6 is 11.3 Å². The number of hydrogen-bond acceptors (Lipinski definition) is 6. The SMILES string of the molecule is CCN1C[C@@H](CN(C)Cc2cnc(N3CCOCC3)s2)CC1=O. The zero-order valence-corrected chi connectivity index (χ0v) is 14.8. The van der Waals surface area contributed by atoms with Crippen LogP contribution in [-0.4, -0.2) is 73.7 Å². The van der Waals surface area contributed by atoms with E-state index in [1.54, 1.807) is 11.3 Å². The molecular weight excluding hydrogens is 312 g/mol. The molecule has 23 heavy (non-hydrogen) atoms. The van der Waals surface area contributed by atoms with Gasteiger partial charge in [-0.3, -0.25) is 4.79 Å². The minimum atomic E-state index is 0.304. The number of rotatable bonds is 6. The third kappa shape index (κ3) is 4.22. The molecule has 1 amide bonds. The van der Waals surface area contributed by atoms with Crippen molar-refractivity contribution in [3.05, 3.63) is 11.1 Å². The molecule has 0 radical (unpaired) electrons. The molecule has 0 bridgehead atoms. The van der Waals surface area contributed by atoms with Crippen LogP contribution in [0.4, 0.5) is 5.13 Å². The smallest absolute Gasteiger partial charge is 0.222 e. The maximum atomic E-state index is 11.8. The Morgan fingerprint density at radius 3 is 2.91 bits per heavy atom. The predicted octanol–water partition coefficient (Wildman–Crippen LogP) is 1.28. The van der Waals surface area contributed by atoms with Crippen LogP contribution in [0.3, 0.4) is 0 Å². The van der Waals surface area contributed by atoms with E-state index in [-0.39, 0.29) is 0 Å². The van der Waals surface area contributed by atoms with Crippen LogP contribution in [0.1, 0.15) is 18.2 Å². The van der Waals surface area contributed by atoms with Gasteiger partial charge in [0.15, 0.2) is 5.13 Å². The van der Waals surface area contributed by atoms with Crippen molar-refractivity contribution in [1.29, 1.82) is 0 Å². The van der Waals surface area contributed by atoms with E-state index >= 15 is 0 Å². The summed E-state index contributed by atoms with van der Waals surface area (Å²) < 4.78 is 5.39. The molecule has 0 aliphatic carbocycles. The monoisotopic (exact) mass is 338 g/mol. The lowest BCUT2D eigenvalue weighted by Gasteiger charge is -2.26. The zero-order chi connectivity index (χ0) is 16.2. The quantitative estimate of drug-likeness (QED) is 0.782. The molecule has 2 aliphatic heterocycles. The highest BCUT2D eigenvalue weighted by Crippen LogP contribution is 2.25. The van der Waals surface area contributed by atoms with Gasteiger partial charge < -0.3 is 19.4 Å². The van der Waals surface area contributed by atoms with Gasteiger partial charge in [-0.15, -0.1) is 11.3 Å². The van der Waals surface area contributed by atoms with Crippen molar-refractivity contribution < 1.29 is 9.53 Å². The molecule has 7 heteroatoms. The van der Waals surface area contributed by atoms with Crippen molar-refractivity contribution in [1.82, 2.24) is 14.8 Å². The lowest BCUT2D eigenvalue weighted by Crippen LogP contribution is -2.36. The molecule has 0 N–H and O–H groups in total. The molecule has 1 atom stereocenters. The topological polar surface area (TPSA) is 48.9 Å².